The van der Waals surface area contributed by atoms with Gasteiger partial charge >= 0.3 is 5.97 Å². The lowest BCUT2D eigenvalue weighted by Gasteiger charge is -2.42. The summed E-state index contributed by atoms with van der Waals surface area (Å²) < 4.78 is 33.5. The molecule has 0 saturated carbocycles. The molecule has 0 radical (unpaired) electrons. The average Bonchev–Trinajstić information content (AvgIpc) is 3.01. The van der Waals surface area contributed by atoms with Gasteiger partial charge in [-0.05, 0) is 42.5 Å². The number of carbonyl (C=O) groups excluding carboxylic acids is 2. The van der Waals surface area contributed by atoms with Crippen LogP contribution < -0.4 is 15.4 Å². The molecule has 1 aliphatic rings. The van der Waals surface area contributed by atoms with E-state index in [0.29, 0.717) is 22.6 Å². The summed E-state index contributed by atoms with van der Waals surface area (Å²) in [6, 6.07) is 13.4. The molecule has 8 nitrogen and oxygen atoms in total. The van der Waals surface area contributed by atoms with Crippen molar-refractivity contribution in [2.45, 2.75) is 68.8 Å². The van der Waals surface area contributed by atoms with E-state index in [4.69, 9.17) is 4.74 Å². The molecule has 1 amide bonds. The van der Waals surface area contributed by atoms with Crippen LogP contribution >= 0.6 is 10.6 Å². The highest BCUT2D eigenvalue weighted by Gasteiger charge is 2.42. The van der Waals surface area contributed by atoms with Crippen LogP contribution in [0.1, 0.15) is 68.7 Å². The first-order valence-electron chi connectivity index (χ1n) is 12.8. The fourth-order valence-electron chi connectivity index (χ4n) is 4.93. The Morgan fingerprint density at radius 2 is 1.89 bits per heavy atom. The zero-order chi connectivity index (χ0) is 27.1. The summed E-state index contributed by atoms with van der Waals surface area (Å²) in [5.41, 5.74) is 2.06. The van der Waals surface area contributed by atoms with Gasteiger partial charge in [0, 0.05) is 17.5 Å². The van der Waals surface area contributed by atoms with Crippen LogP contribution in [0.3, 0.4) is 0 Å². The molecule has 0 aliphatic carbocycles. The van der Waals surface area contributed by atoms with E-state index in [2.05, 4.69) is 29.2 Å². The molecule has 1 heterocycles. The van der Waals surface area contributed by atoms with Gasteiger partial charge in [-0.2, -0.15) is 10.6 Å². The zero-order valence-corrected chi connectivity index (χ0v) is 23.0. The Kier molecular flexibility index (Phi) is 10.0. The second kappa shape index (κ2) is 12.8. The minimum Gasteiger partial charge on any atom is -0.496 e. The van der Waals surface area contributed by atoms with Gasteiger partial charge in [0.15, 0.2) is 0 Å². The summed E-state index contributed by atoms with van der Waals surface area (Å²) in [5.74, 6) is -0.0256. The van der Waals surface area contributed by atoms with Crippen molar-refractivity contribution in [3.63, 3.8) is 0 Å². The lowest BCUT2D eigenvalue weighted by atomic mass is 9.87. The number of unbranched alkanes of at least 4 members (excludes halogenated alkanes) is 1. The molecule has 1 aliphatic heterocycles. The number of fused-ring (bicyclic) bond motifs is 1. The Morgan fingerprint density at radius 1 is 1.16 bits per heavy atom. The summed E-state index contributed by atoms with van der Waals surface area (Å²) in [6.07, 6.45) is 4.01. The summed E-state index contributed by atoms with van der Waals surface area (Å²) in [7, 11) is -0.327. The summed E-state index contributed by atoms with van der Waals surface area (Å²) >= 11 is 0. The Hall–Kier alpha value is -2.59. The van der Waals surface area contributed by atoms with Crippen LogP contribution in [0.2, 0.25) is 0 Å². The van der Waals surface area contributed by atoms with Crippen molar-refractivity contribution < 1.29 is 28.2 Å². The highest BCUT2D eigenvalue weighted by atomic mass is 32.3. The Morgan fingerprint density at radius 3 is 2.51 bits per heavy atom. The third-order valence-electron chi connectivity index (χ3n) is 7.10. The minimum absolute atomic E-state index is 0.112. The fraction of sp³-hybridized carbons (Fsp3) is 0.500. The van der Waals surface area contributed by atoms with Crippen molar-refractivity contribution in [3.05, 3.63) is 59.2 Å². The summed E-state index contributed by atoms with van der Waals surface area (Å²) in [4.78, 5) is 24.1. The van der Waals surface area contributed by atoms with Gasteiger partial charge in [0.25, 0.3) is 0 Å². The molecule has 0 unspecified atom stereocenters. The molecule has 37 heavy (non-hydrogen) atoms. The molecule has 0 fully saturated rings. The number of rotatable bonds is 11. The van der Waals surface area contributed by atoms with Crippen LogP contribution in [-0.2, 0) is 20.7 Å². The molecule has 0 aromatic heterocycles. The quantitative estimate of drug-likeness (QED) is 0.299. The van der Waals surface area contributed by atoms with Gasteiger partial charge < -0.3 is 14.8 Å². The maximum absolute atomic E-state index is 12.3. The van der Waals surface area contributed by atoms with Gasteiger partial charge in [0.1, 0.15) is 12.3 Å². The first kappa shape index (κ1) is 29.0. The van der Waals surface area contributed by atoms with Crippen LogP contribution in [0.4, 0.5) is 0 Å². The molecule has 0 bridgehead atoms. The van der Waals surface area contributed by atoms with E-state index in [9.17, 15) is 18.7 Å². The maximum Gasteiger partial charge on any atom is 0.325 e. The molecule has 9 heteroatoms. The van der Waals surface area contributed by atoms with Gasteiger partial charge in [-0.3, -0.25) is 24.0 Å². The highest BCUT2D eigenvalue weighted by molar-refractivity contribution is 8.24. The number of hydrogen-bond acceptors (Lipinski definition) is 7. The van der Waals surface area contributed by atoms with Crippen molar-refractivity contribution in [2.24, 2.45) is 0 Å². The fourth-order valence-corrected chi connectivity index (χ4v) is 7.17. The van der Waals surface area contributed by atoms with Crippen molar-refractivity contribution in [1.29, 1.82) is 0 Å². The molecule has 0 saturated heterocycles. The predicted octanol–water partition coefficient (Wildman–Crippen LogP) is 5.06. The molecule has 2 atom stereocenters. The van der Waals surface area contributed by atoms with Crippen LogP contribution in [0.5, 0.6) is 5.75 Å². The van der Waals surface area contributed by atoms with Crippen molar-refractivity contribution in [3.8, 4) is 5.75 Å². The van der Waals surface area contributed by atoms with Crippen molar-refractivity contribution in [1.82, 2.24) is 10.6 Å². The summed E-state index contributed by atoms with van der Waals surface area (Å²) in [6.45, 7) is 4.04. The smallest absolute Gasteiger partial charge is 0.325 e. The molecule has 2 aromatic carbocycles. The number of nitrogens with one attached hydrogen (secondary N) is 2. The minimum atomic E-state index is -3.16. The van der Waals surface area contributed by atoms with Gasteiger partial charge in [0.2, 0.25) is 5.91 Å². The normalized spacial score (nSPS) is 21.3. The summed E-state index contributed by atoms with van der Waals surface area (Å²) in [5, 5.41) is 6.37. The zero-order valence-electron chi connectivity index (χ0n) is 22.2. The number of esters is 1. The second-order valence-corrected chi connectivity index (χ2v) is 11.7. The topological polar surface area (TPSA) is 117 Å². The van der Waals surface area contributed by atoms with Crippen molar-refractivity contribution in [2.75, 3.05) is 26.5 Å². The number of hydrogen-bond donors (Lipinski definition) is 4. The third-order valence-corrected chi connectivity index (χ3v) is 9.11. The first-order valence-corrected chi connectivity index (χ1v) is 14.5. The van der Waals surface area contributed by atoms with Crippen LogP contribution in [-0.4, -0.2) is 53.0 Å². The number of carbonyl (C=O) groups is 2. The average molecular weight is 533 g/mol. The van der Waals surface area contributed by atoms with Crippen LogP contribution in [0, 0.1) is 0 Å². The van der Waals surface area contributed by atoms with Crippen molar-refractivity contribution >= 4 is 22.5 Å². The maximum atomic E-state index is 12.3. The van der Waals surface area contributed by atoms with Gasteiger partial charge in [0.05, 0.1) is 30.9 Å². The van der Waals surface area contributed by atoms with E-state index >= 15 is 0 Å². The van der Waals surface area contributed by atoms with Gasteiger partial charge in [-0.15, -0.1) is 0 Å². The Balaban J connectivity index is 2.04. The monoisotopic (exact) mass is 532 g/mol. The number of methoxy groups -OCH3 is 2. The highest BCUT2D eigenvalue weighted by Crippen LogP contribution is 2.58. The third kappa shape index (κ3) is 7.04. The molecule has 3 rings (SSSR count). The van der Waals surface area contributed by atoms with Gasteiger partial charge in [-0.25, -0.2) is 0 Å². The molecule has 204 valence electrons. The SMILES string of the molecule is CCCC[C@]1(CC)CS(O)(O)c2cc(CCC(=O)NCC(=O)OC)c(OC)cc2[C@@H](c2ccccc2)N1. The van der Waals surface area contributed by atoms with E-state index < -0.39 is 22.1 Å². The molecule has 0 spiro atoms. The number of ether oxygens (including phenoxy) is 2. The molecule has 2 aromatic rings. The lowest BCUT2D eigenvalue weighted by Crippen LogP contribution is -2.49. The molecular formula is C28H40N2O6S. The van der Waals surface area contributed by atoms with E-state index in [1.807, 2.05) is 36.4 Å². The number of amides is 1. The van der Waals surface area contributed by atoms with E-state index in [1.165, 1.54) is 7.11 Å². The first-order chi connectivity index (χ1) is 17.7. The van der Waals surface area contributed by atoms with Crippen LogP contribution in [0.25, 0.3) is 0 Å². The second-order valence-electron chi connectivity index (χ2n) is 9.59. The standard InChI is InChI=1S/C28H40N2O6S/c1-5-7-15-28(6-2)19-37(33,34)24-16-21(13-14-25(31)29-18-26(32)36-4)23(35-3)17-22(24)27(30-28)20-11-9-8-10-12-20/h8-12,16-17,27,30,33-34H,5-7,13-15,18-19H2,1-4H3,(H,29,31)/t27-,28-/m1/s1. The lowest BCUT2D eigenvalue weighted by molar-refractivity contribution is -0.141. The molecular weight excluding hydrogens is 492 g/mol. The predicted molar refractivity (Wildman–Crippen MR) is 146 cm³/mol. The Labute approximate surface area is 221 Å². The number of benzene rings is 2. The molecule has 4 N–H and O–H groups in total. The van der Waals surface area contributed by atoms with Gasteiger partial charge in [-0.1, -0.05) is 57.0 Å². The van der Waals surface area contributed by atoms with E-state index in [1.54, 1.807) is 13.2 Å². The van der Waals surface area contributed by atoms with Crippen LogP contribution in [0.15, 0.2) is 47.4 Å². The number of aryl methyl sites for hydroxylation is 1. The largest absolute Gasteiger partial charge is 0.496 e. The Bertz CT molecular complexity index is 1080. The van der Waals surface area contributed by atoms with E-state index in [-0.39, 0.29) is 30.7 Å². The van der Waals surface area contributed by atoms with E-state index in [0.717, 1.165) is 36.8 Å².